The normalized spacial score (nSPS) is 43.4. The van der Waals surface area contributed by atoms with Gasteiger partial charge in [-0.1, -0.05) is 31.6 Å². The topological polar surface area (TPSA) is 140 Å². The van der Waals surface area contributed by atoms with Gasteiger partial charge in [-0.05, 0) is 68.3 Å². The highest BCUT2D eigenvalue weighted by Gasteiger charge is 2.56. The molecule has 0 amide bonds. The van der Waals surface area contributed by atoms with Crippen LogP contribution in [0.4, 0.5) is 0 Å². The Morgan fingerprint density at radius 1 is 1.15 bits per heavy atom. The minimum absolute atomic E-state index is 0.0176. The molecule has 0 aromatic rings. The largest absolute Gasteiger partial charge is 0.394 e. The Labute approximate surface area is 202 Å². The van der Waals surface area contributed by atoms with Gasteiger partial charge in [0.2, 0.25) is 0 Å². The second-order valence-corrected chi connectivity index (χ2v) is 10.8. The first-order chi connectivity index (χ1) is 16.1. The molecule has 1 saturated heterocycles. The number of ether oxygens (including phenoxy) is 2. The Balaban J connectivity index is 1.83. The third-order valence-corrected chi connectivity index (χ3v) is 9.22. The Bertz CT molecular complexity index is 736. The van der Waals surface area contributed by atoms with E-state index < -0.39 is 37.3 Å². The second kappa shape index (κ2) is 11.5. The van der Waals surface area contributed by atoms with E-state index in [1.54, 1.807) is 6.08 Å². The van der Waals surface area contributed by atoms with Gasteiger partial charge in [0.1, 0.15) is 24.4 Å². The van der Waals surface area contributed by atoms with Crippen molar-refractivity contribution in [3.63, 3.8) is 0 Å². The number of hydrogen-bond donors (Lipinski definition) is 6. The van der Waals surface area contributed by atoms with Crippen LogP contribution < -0.4 is 0 Å². The molecule has 3 rings (SSSR count). The Hall–Kier alpha value is -0.840. The quantitative estimate of drug-likeness (QED) is 0.269. The minimum Gasteiger partial charge on any atom is -0.394 e. The van der Waals surface area contributed by atoms with Gasteiger partial charge in [-0.25, -0.2) is 0 Å². The van der Waals surface area contributed by atoms with Crippen LogP contribution in [0.5, 0.6) is 0 Å². The average Bonchev–Trinajstić information content (AvgIpc) is 2.83. The zero-order valence-electron chi connectivity index (χ0n) is 20.8. The number of aliphatic hydroxyl groups is 6. The van der Waals surface area contributed by atoms with Crippen molar-refractivity contribution in [1.82, 2.24) is 0 Å². The summed E-state index contributed by atoms with van der Waals surface area (Å²) in [5.41, 5.74) is 1.85. The molecular formula is C26H44O8. The fourth-order valence-corrected chi connectivity index (χ4v) is 6.65. The fourth-order valence-electron chi connectivity index (χ4n) is 6.65. The molecule has 8 heteroatoms. The molecule has 0 radical (unpaired) electrons. The van der Waals surface area contributed by atoms with E-state index in [1.807, 2.05) is 0 Å². The lowest BCUT2D eigenvalue weighted by Gasteiger charge is -2.59. The van der Waals surface area contributed by atoms with Crippen LogP contribution in [0, 0.1) is 22.7 Å². The van der Waals surface area contributed by atoms with Crippen molar-refractivity contribution in [3.05, 3.63) is 23.3 Å². The van der Waals surface area contributed by atoms with Gasteiger partial charge in [-0.3, -0.25) is 0 Å². The van der Waals surface area contributed by atoms with Crippen LogP contribution in [0.2, 0.25) is 0 Å². The van der Waals surface area contributed by atoms with Gasteiger partial charge in [-0.2, -0.15) is 0 Å². The number of fused-ring (bicyclic) bond motifs is 1. The summed E-state index contributed by atoms with van der Waals surface area (Å²) in [6.07, 6.45) is 3.10. The molecule has 0 unspecified atom stereocenters. The number of aliphatic hydroxyl groups excluding tert-OH is 6. The standard InChI is InChI=1S/C26H44O8/c1-16-7-11-26(15-33-24-23(32)22(31)21(30)19(14-29)34-24)17(2)5-4-6-20(26)25(16,3)10-8-18(13-28)9-12-27/h5,9,16,19-24,27-32H,4,6-8,10-15H2,1-3H3/b18-9-/t16-,19-,20-,21-,22+,23-,24-,25+,26-/m0/s1. The predicted octanol–water partition coefficient (Wildman–Crippen LogP) is 1.27. The van der Waals surface area contributed by atoms with Crippen LogP contribution in [0.1, 0.15) is 59.3 Å². The summed E-state index contributed by atoms with van der Waals surface area (Å²) in [5, 5.41) is 59.2. The van der Waals surface area contributed by atoms with Crippen LogP contribution in [0.25, 0.3) is 0 Å². The number of allylic oxidation sites excluding steroid dienone is 1. The molecule has 2 fully saturated rings. The Morgan fingerprint density at radius 2 is 1.88 bits per heavy atom. The van der Waals surface area contributed by atoms with Crippen molar-refractivity contribution < 1.29 is 40.1 Å². The van der Waals surface area contributed by atoms with Gasteiger partial charge in [-0.15, -0.1) is 0 Å². The highest BCUT2D eigenvalue weighted by atomic mass is 16.7. The van der Waals surface area contributed by atoms with Gasteiger partial charge < -0.3 is 40.1 Å². The first-order valence-electron chi connectivity index (χ1n) is 12.6. The monoisotopic (exact) mass is 484 g/mol. The highest BCUT2D eigenvalue weighted by Crippen LogP contribution is 2.62. The smallest absolute Gasteiger partial charge is 0.186 e. The molecule has 8 nitrogen and oxygen atoms in total. The lowest BCUT2D eigenvalue weighted by atomic mass is 9.46. The lowest BCUT2D eigenvalue weighted by Crippen LogP contribution is -2.60. The summed E-state index contributed by atoms with van der Waals surface area (Å²) in [6, 6.07) is 0. The number of hydrogen-bond acceptors (Lipinski definition) is 8. The third kappa shape index (κ3) is 5.15. The van der Waals surface area contributed by atoms with E-state index in [4.69, 9.17) is 9.47 Å². The van der Waals surface area contributed by atoms with Crippen LogP contribution in [0.3, 0.4) is 0 Å². The maximum absolute atomic E-state index is 10.5. The van der Waals surface area contributed by atoms with Crippen molar-refractivity contribution in [2.24, 2.45) is 22.7 Å². The van der Waals surface area contributed by atoms with Gasteiger partial charge in [0.25, 0.3) is 0 Å². The molecule has 1 aliphatic heterocycles. The van der Waals surface area contributed by atoms with Crippen molar-refractivity contribution in [2.75, 3.05) is 26.4 Å². The maximum atomic E-state index is 10.5. The third-order valence-electron chi connectivity index (χ3n) is 9.22. The molecule has 9 atom stereocenters. The molecule has 0 aromatic heterocycles. The van der Waals surface area contributed by atoms with Gasteiger partial charge in [0.05, 0.1) is 26.4 Å². The molecule has 196 valence electrons. The molecular weight excluding hydrogens is 440 g/mol. The van der Waals surface area contributed by atoms with Crippen LogP contribution in [0.15, 0.2) is 23.3 Å². The summed E-state index contributed by atoms with van der Waals surface area (Å²) in [4.78, 5) is 0. The first kappa shape index (κ1) is 27.7. The summed E-state index contributed by atoms with van der Waals surface area (Å²) < 4.78 is 11.8. The second-order valence-electron chi connectivity index (χ2n) is 10.8. The van der Waals surface area contributed by atoms with Gasteiger partial charge in [0.15, 0.2) is 6.29 Å². The van der Waals surface area contributed by atoms with E-state index >= 15 is 0 Å². The molecule has 1 saturated carbocycles. The van der Waals surface area contributed by atoms with Crippen molar-refractivity contribution in [1.29, 1.82) is 0 Å². The molecule has 34 heavy (non-hydrogen) atoms. The summed E-state index contributed by atoms with van der Waals surface area (Å²) in [6.45, 7) is 6.46. The molecule has 3 aliphatic rings. The Kier molecular flexibility index (Phi) is 9.36. The minimum atomic E-state index is -1.46. The van der Waals surface area contributed by atoms with Crippen molar-refractivity contribution >= 4 is 0 Å². The van der Waals surface area contributed by atoms with Crippen LogP contribution in [-0.2, 0) is 9.47 Å². The lowest BCUT2D eigenvalue weighted by molar-refractivity contribution is -0.308. The molecule has 0 aromatic carbocycles. The van der Waals surface area contributed by atoms with E-state index in [9.17, 15) is 30.6 Å². The molecule has 2 aliphatic carbocycles. The maximum Gasteiger partial charge on any atom is 0.186 e. The average molecular weight is 485 g/mol. The molecule has 0 spiro atoms. The van der Waals surface area contributed by atoms with E-state index in [-0.39, 0.29) is 24.0 Å². The SMILES string of the molecule is CC1=CCC[C@@H]2[C@]1(CO[C@H]1O[C@@H](CO)[C@H](O)[C@@H](O)[C@@H]1O)CC[C@H](C)[C@@]2(C)CC/C(=C/CO)CO. The Morgan fingerprint density at radius 3 is 2.53 bits per heavy atom. The van der Waals surface area contributed by atoms with E-state index in [0.717, 1.165) is 44.1 Å². The van der Waals surface area contributed by atoms with Gasteiger partial charge >= 0.3 is 0 Å². The van der Waals surface area contributed by atoms with E-state index in [1.165, 1.54) is 5.57 Å². The zero-order valence-corrected chi connectivity index (χ0v) is 20.8. The molecule has 1 heterocycles. The predicted molar refractivity (Wildman–Crippen MR) is 127 cm³/mol. The zero-order chi connectivity index (χ0) is 25.1. The highest BCUT2D eigenvalue weighted by molar-refractivity contribution is 5.23. The number of rotatable bonds is 9. The van der Waals surface area contributed by atoms with Crippen LogP contribution >= 0.6 is 0 Å². The molecule has 6 N–H and O–H groups in total. The fraction of sp³-hybridized carbons (Fsp3) is 0.846. The summed E-state index contributed by atoms with van der Waals surface area (Å²) in [7, 11) is 0. The van der Waals surface area contributed by atoms with Crippen LogP contribution in [-0.4, -0.2) is 87.8 Å². The van der Waals surface area contributed by atoms with E-state index in [2.05, 4.69) is 26.8 Å². The first-order valence-corrected chi connectivity index (χ1v) is 12.6. The van der Waals surface area contributed by atoms with E-state index in [0.29, 0.717) is 18.4 Å². The molecule has 0 bridgehead atoms. The summed E-state index contributed by atoms with van der Waals surface area (Å²) in [5.74, 6) is 0.783. The summed E-state index contributed by atoms with van der Waals surface area (Å²) >= 11 is 0. The van der Waals surface area contributed by atoms with Crippen molar-refractivity contribution in [2.45, 2.75) is 90.0 Å². The van der Waals surface area contributed by atoms with Crippen molar-refractivity contribution in [3.8, 4) is 0 Å². The van der Waals surface area contributed by atoms with Gasteiger partial charge in [0, 0.05) is 5.41 Å².